The number of carbonyl (C=O) groups is 1. The summed E-state index contributed by atoms with van der Waals surface area (Å²) < 4.78 is 19.1. The second-order valence-corrected chi connectivity index (χ2v) is 7.81. The molecule has 6 nitrogen and oxygen atoms in total. The van der Waals surface area contributed by atoms with Gasteiger partial charge < -0.3 is 9.84 Å². The number of piperidine rings is 1. The van der Waals surface area contributed by atoms with E-state index in [-0.39, 0.29) is 24.2 Å². The second kappa shape index (κ2) is 9.36. The molecule has 1 amide bonds. The smallest absolute Gasteiger partial charge is 0.246 e. The average Bonchev–Trinajstić information content (AvgIpc) is 3.24. The molecular formula is C22H22ClFN4O2. The molecule has 1 fully saturated rings. The van der Waals surface area contributed by atoms with E-state index in [4.69, 9.17) is 16.1 Å². The largest absolute Gasteiger partial charge is 0.347 e. The van der Waals surface area contributed by atoms with Crippen molar-refractivity contribution in [1.29, 1.82) is 0 Å². The average molecular weight is 429 g/mol. The number of carbonyl (C=O) groups excluding carboxylic acids is 1. The number of nitrogens with one attached hydrogen (secondary N) is 1. The number of halogens is 2. The van der Waals surface area contributed by atoms with Gasteiger partial charge >= 0.3 is 0 Å². The van der Waals surface area contributed by atoms with Gasteiger partial charge in [0, 0.05) is 28.6 Å². The van der Waals surface area contributed by atoms with Gasteiger partial charge in [0.05, 0.1) is 6.54 Å². The minimum Gasteiger partial charge on any atom is -0.347 e. The highest BCUT2D eigenvalue weighted by Crippen LogP contribution is 2.21. The first kappa shape index (κ1) is 20.5. The zero-order valence-electron chi connectivity index (χ0n) is 16.4. The number of rotatable bonds is 6. The topological polar surface area (TPSA) is 71.3 Å². The molecule has 4 rings (SSSR count). The zero-order valence-corrected chi connectivity index (χ0v) is 17.1. The van der Waals surface area contributed by atoms with Crippen molar-refractivity contribution in [3.05, 3.63) is 70.8 Å². The monoisotopic (exact) mass is 428 g/mol. The van der Waals surface area contributed by atoms with Crippen molar-refractivity contribution in [3.63, 3.8) is 0 Å². The summed E-state index contributed by atoms with van der Waals surface area (Å²) in [7, 11) is 0. The Kier molecular flexibility index (Phi) is 6.40. The second-order valence-electron chi connectivity index (χ2n) is 7.38. The maximum atomic E-state index is 13.8. The number of nitrogens with zero attached hydrogens (tertiary/aromatic N) is 3. The number of hydrogen-bond donors (Lipinski definition) is 1. The normalized spacial score (nSPS) is 15.3. The predicted octanol–water partition coefficient (Wildman–Crippen LogP) is 4.06. The van der Waals surface area contributed by atoms with Crippen LogP contribution in [0.4, 0.5) is 4.39 Å². The Morgan fingerprint density at radius 1 is 1.17 bits per heavy atom. The molecule has 8 heteroatoms. The Morgan fingerprint density at radius 2 is 1.90 bits per heavy atom. The molecule has 0 aliphatic carbocycles. The highest BCUT2D eigenvalue weighted by atomic mass is 35.5. The minimum atomic E-state index is -0.185. The molecule has 1 aromatic heterocycles. The molecular weight excluding hydrogens is 407 g/mol. The van der Waals surface area contributed by atoms with Crippen LogP contribution in [0.25, 0.3) is 11.4 Å². The van der Waals surface area contributed by atoms with Crippen LogP contribution in [0.3, 0.4) is 0 Å². The number of hydrogen-bond acceptors (Lipinski definition) is 5. The molecule has 0 unspecified atom stereocenters. The maximum Gasteiger partial charge on any atom is 0.246 e. The lowest BCUT2D eigenvalue weighted by atomic mass is 9.95. The van der Waals surface area contributed by atoms with Gasteiger partial charge in [-0.15, -0.1) is 0 Å². The number of benzene rings is 2. The van der Waals surface area contributed by atoms with Gasteiger partial charge in [-0.05, 0) is 56.3 Å². The fourth-order valence-electron chi connectivity index (χ4n) is 3.57. The van der Waals surface area contributed by atoms with E-state index in [0.29, 0.717) is 28.8 Å². The molecule has 0 saturated carbocycles. The van der Waals surface area contributed by atoms with Crippen LogP contribution in [-0.4, -0.2) is 34.0 Å². The summed E-state index contributed by atoms with van der Waals surface area (Å²) >= 11 is 5.89. The Labute approximate surface area is 179 Å². The molecule has 1 saturated heterocycles. The number of likely N-dealkylation sites (tertiary alicyclic amines) is 1. The third-order valence-electron chi connectivity index (χ3n) is 5.29. The molecule has 30 heavy (non-hydrogen) atoms. The third kappa shape index (κ3) is 5.04. The van der Waals surface area contributed by atoms with E-state index < -0.39 is 0 Å². The number of aromatic nitrogens is 2. The highest BCUT2D eigenvalue weighted by molar-refractivity contribution is 6.30. The van der Waals surface area contributed by atoms with Crippen LogP contribution in [0.2, 0.25) is 5.02 Å². The Hall–Kier alpha value is -2.77. The van der Waals surface area contributed by atoms with Crippen molar-refractivity contribution in [2.45, 2.75) is 25.9 Å². The lowest BCUT2D eigenvalue weighted by molar-refractivity contribution is -0.126. The van der Waals surface area contributed by atoms with Crippen LogP contribution >= 0.6 is 11.6 Å². The van der Waals surface area contributed by atoms with Crippen LogP contribution < -0.4 is 5.32 Å². The van der Waals surface area contributed by atoms with Gasteiger partial charge in [-0.3, -0.25) is 9.69 Å². The van der Waals surface area contributed by atoms with Gasteiger partial charge in [0.1, 0.15) is 5.82 Å². The number of amides is 1. The first-order valence-corrected chi connectivity index (χ1v) is 10.3. The van der Waals surface area contributed by atoms with Gasteiger partial charge in [-0.25, -0.2) is 4.39 Å². The van der Waals surface area contributed by atoms with Crippen LogP contribution in [0.1, 0.15) is 24.3 Å². The van der Waals surface area contributed by atoms with Crippen LogP contribution in [0.5, 0.6) is 0 Å². The van der Waals surface area contributed by atoms with E-state index in [1.54, 1.807) is 24.3 Å². The summed E-state index contributed by atoms with van der Waals surface area (Å²) in [6, 6.07) is 13.9. The van der Waals surface area contributed by atoms with Crippen molar-refractivity contribution in [1.82, 2.24) is 20.4 Å². The summed E-state index contributed by atoms with van der Waals surface area (Å²) in [4.78, 5) is 19.0. The lowest BCUT2D eigenvalue weighted by Gasteiger charge is -2.31. The quantitative estimate of drug-likeness (QED) is 0.641. The van der Waals surface area contributed by atoms with Crippen LogP contribution in [-0.2, 0) is 17.9 Å². The Bertz CT molecular complexity index is 1000. The van der Waals surface area contributed by atoms with Gasteiger partial charge in [0.25, 0.3) is 0 Å². The van der Waals surface area contributed by atoms with Crippen LogP contribution in [0.15, 0.2) is 53.1 Å². The zero-order chi connectivity index (χ0) is 20.9. The first-order valence-electron chi connectivity index (χ1n) is 9.90. The fraction of sp³-hybridized carbons (Fsp3) is 0.318. The van der Waals surface area contributed by atoms with Crippen molar-refractivity contribution in [2.24, 2.45) is 5.92 Å². The van der Waals surface area contributed by atoms with E-state index in [1.165, 1.54) is 6.07 Å². The summed E-state index contributed by atoms with van der Waals surface area (Å²) in [5, 5.41) is 7.46. The summed E-state index contributed by atoms with van der Waals surface area (Å²) in [6.45, 7) is 2.27. The van der Waals surface area contributed by atoms with E-state index in [9.17, 15) is 9.18 Å². The molecule has 0 radical (unpaired) electrons. The SMILES string of the molecule is O=C(NCc1nc(-c2ccc(Cl)cc2)no1)C1CCN(Cc2ccccc2F)CC1. The molecule has 1 aliphatic heterocycles. The van der Waals surface area contributed by atoms with Crippen molar-refractivity contribution in [2.75, 3.05) is 13.1 Å². The van der Waals surface area contributed by atoms with E-state index in [0.717, 1.165) is 31.5 Å². The molecule has 2 heterocycles. The minimum absolute atomic E-state index is 0.0215. The van der Waals surface area contributed by atoms with Crippen molar-refractivity contribution >= 4 is 17.5 Å². The molecule has 0 spiro atoms. The van der Waals surface area contributed by atoms with Crippen molar-refractivity contribution in [3.8, 4) is 11.4 Å². The predicted molar refractivity (Wildman–Crippen MR) is 111 cm³/mol. The van der Waals surface area contributed by atoms with Gasteiger partial charge in [-0.2, -0.15) is 4.98 Å². The first-order chi connectivity index (χ1) is 14.6. The molecule has 0 bridgehead atoms. The third-order valence-corrected chi connectivity index (χ3v) is 5.55. The Balaban J connectivity index is 1.24. The van der Waals surface area contributed by atoms with E-state index in [2.05, 4.69) is 20.4 Å². The Morgan fingerprint density at radius 3 is 2.63 bits per heavy atom. The fourth-order valence-corrected chi connectivity index (χ4v) is 3.70. The summed E-state index contributed by atoms with van der Waals surface area (Å²) in [6.07, 6.45) is 1.47. The van der Waals surface area contributed by atoms with Gasteiger partial charge in [-0.1, -0.05) is 35.0 Å². The molecule has 1 N–H and O–H groups in total. The van der Waals surface area contributed by atoms with Crippen LogP contribution in [0, 0.1) is 11.7 Å². The van der Waals surface area contributed by atoms with Gasteiger partial charge in [0.15, 0.2) is 0 Å². The maximum absolute atomic E-state index is 13.8. The van der Waals surface area contributed by atoms with Gasteiger partial charge in [0.2, 0.25) is 17.6 Å². The van der Waals surface area contributed by atoms with E-state index in [1.807, 2.05) is 18.2 Å². The molecule has 3 aromatic rings. The summed E-state index contributed by atoms with van der Waals surface area (Å²) in [5.74, 6) is 0.532. The molecule has 156 valence electrons. The summed E-state index contributed by atoms with van der Waals surface area (Å²) in [5.41, 5.74) is 1.48. The van der Waals surface area contributed by atoms with E-state index >= 15 is 0 Å². The highest BCUT2D eigenvalue weighted by Gasteiger charge is 2.25. The lowest BCUT2D eigenvalue weighted by Crippen LogP contribution is -2.40. The molecule has 1 aliphatic rings. The molecule has 0 atom stereocenters. The van der Waals surface area contributed by atoms with Crippen molar-refractivity contribution < 1.29 is 13.7 Å². The standard InChI is InChI=1S/C22H22ClFN4O2/c23-18-7-5-15(6-8-18)21-26-20(30-27-21)13-25-22(29)16-9-11-28(12-10-16)14-17-3-1-2-4-19(17)24/h1-8,16H,9-14H2,(H,25,29). The molecule has 2 aromatic carbocycles.